The van der Waals surface area contributed by atoms with Gasteiger partial charge in [-0.2, -0.15) is 0 Å². The lowest BCUT2D eigenvalue weighted by Crippen LogP contribution is -2.27. The quantitative estimate of drug-likeness (QED) is 0.773. The van der Waals surface area contributed by atoms with Gasteiger partial charge >= 0.3 is 0 Å². The highest BCUT2D eigenvalue weighted by Gasteiger charge is 2.08. The van der Waals surface area contributed by atoms with Crippen LogP contribution in [0.15, 0.2) is 5.38 Å². The Bertz CT molecular complexity index is 348. The van der Waals surface area contributed by atoms with E-state index >= 15 is 0 Å². The summed E-state index contributed by atoms with van der Waals surface area (Å²) >= 11 is 1.42. The predicted molar refractivity (Wildman–Crippen MR) is 69.1 cm³/mol. The lowest BCUT2D eigenvalue weighted by atomic mass is 10.3. The molecule has 1 aromatic rings. The summed E-state index contributed by atoms with van der Waals surface area (Å²) in [6.45, 7) is 6.03. The fraction of sp³-hybridized carbons (Fsp3) is 0.636. The lowest BCUT2D eigenvalue weighted by molar-refractivity contribution is -0.114. The van der Waals surface area contributed by atoms with E-state index in [1.54, 1.807) is 0 Å². The number of amides is 1. The Morgan fingerprint density at radius 3 is 2.94 bits per heavy atom. The first-order valence-corrected chi connectivity index (χ1v) is 6.59. The molecule has 1 amide bonds. The van der Waals surface area contributed by atoms with E-state index in [0.29, 0.717) is 18.2 Å². The van der Waals surface area contributed by atoms with Crippen LogP contribution in [0.3, 0.4) is 0 Å². The maximum absolute atomic E-state index is 10.9. The highest BCUT2D eigenvalue weighted by atomic mass is 32.1. The summed E-state index contributed by atoms with van der Waals surface area (Å²) < 4.78 is 0. The number of aromatic nitrogens is 1. The molecule has 0 unspecified atom stereocenters. The van der Waals surface area contributed by atoms with E-state index in [0.717, 1.165) is 18.7 Å². The fourth-order valence-electron chi connectivity index (χ4n) is 1.54. The van der Waals surface area contributed by atoms with Crippen molar-refractivity contribution < 1.29 is 9.90 Å². The molecule has 0 saturated heterocycles. The van der Waals surface area contributed by atoms with Gasteiger partial charge in [0.25, 0.3) is 0 Å². The molecule has 0 spiro atoms. The van der Waals surface area contributed by atoms with Crippen molar-refractivity contribution in [3.63, 3.8) is 0 Å². The third-order valence-electron chi connectivity index (χ3n) is 2.18. The summed E-state index contributed by atoms with van der Waals surface area (Å²) in [5.74, 6) is -0.105. The van der Waals surface area contributed by atoms with Crippen LogP contribution in [0.5, 0.6) is 0 Å². The zero-order valence-electron chi connectivity index (χ0n) is 10.3. The van der Waals surface area contributed by atoms with Crippen LogP contribution < -0.4 is 5.32 Å². The van der Waals surface area contributed by atoms with Gasteiger partial charge in [0, 0.05) is 25.4 Å². The second kappa shape index (κ2) is 7.37. The molecule has 1 aromatic heterocycles. The average molecular weight is 257 g/mol. The number of aliphatic hydroxyl groups excluding tert-OH is 1. The highest BCUT2D eigenvalue weighted by molar-refractivity contribution is 7.13. The van der Waals surface area contributed by atoms with E-state index in [1.165, 1.54) is 18.3 Å². The second-order valence-corrected chi connectivity index (χ2v) is 4.68. The molecule has 0 aromatic carbocycles. The van der Waals surface area contributed by atoms with Gasteiger partial charge < -0.3 is 10.4 Å². The van der Waals surface area contributed by atoms with Crippen LogP contribution >= 0.6 is 11.3 Å². The molecule has 0 fully saturated rings. The number of carbonyl (C=O) groups is 1. The number of anilines is 1. The summed E-state index contributed by atoms with van der Waals surface area (Å²) in [7, 11) is 0. The molecule has 96 valence electrons. The van der Waals surface area contributed by atoms with Gasteiger partial charge in [0.1, 0.15) is 0 Å². The van der Waals surface area contributed by atoms with Gasteiger partial charge in [0.05, 0.1) is 12.3 Å². The molecule has 0 atom stereocenters. The zero-order chi connectivity index (χ0) is 12.7. The summed E-state index contributed by atoms with van der Waals surface area (Å²) in [6, 6.07) is 0. The van der Waals surface area contributed by atoms with Crippen LogP contribution in [0.25, 0.3) is 0 Å². The number of thiazole rings is 1. The topological polar surface area (TPSA) is 65.5 Å². The van der Waals surface area contributed by atoms with E-state index in [4.69, 9.17) is 5.11 Å². The monoisotopic (exact) mass is 257 g/mol. The molecular formula is C11H19N3O2S. The van der Waals surface area contributed by atoms with Crippen molar-refractivity contribution in [3.8, 4) is 0 Å². The van der Waals surface area contributed by atoms with Crippen LogP contribution in [0.1, 0.15) is 26.0 Å². The van der Waals surface area contributed by atoms with Crippen LogP contribution in [0.2, 0.25) is 0 Å². The fourth-order valence-corrected chi connectivity index (χ4v) is 2.29. The number of aliphatic hydroxyl groups is 1. The van der Waals surface area contributed by atoms with Crippen molar-refractivity contribution in [3.05, 3.63) is 11.1 Å². The standard InChI is InChI=1S/C11H19N3O2S/c1-3-4-14(5-6-15)7-10-8-17-11(13-10)12-9(2)16/h8,15H,3-7H2,1-2H3,(H,12,13,16). The van der Waals surface area contributed by atoms with E-state index in [-0.39, 0.29) is 12.5 Å². The van der Waals surface area contributed by atoms with Crippen LogP contribution in [0.4, 0.5) is 5.13 Å². The molecule has 1 rings (SSSR count). The summed E-state index contributed by atoms with van der Waals surface area (Å²) in [6.07, 6.45) is 1.04. The average Bonchev–Trinajstić information content (AvgIpc) is 2.65. The van der Waals surface area contributed by atoms with Gasteiger partial charge in [-0.3, -0.25) is 9.69 Å². The molecule has 1 heterocycles. The molecule has 17 heavy (non-hydrogen) atoms. The summed E-state index contributed by atoms with van der Waals surface area (Å²) in [5.41, 5.74) is 0.931. The molecule has 0 aliphatic carbocycles. The third-order valence-corrected chi connectivity index (χ3v) is 2.98. The second-order valence-electron chi connectivity index (χ2n) is 3.82. The molecule has 0 aliphatic rings. The number of rotatable bonds is 7. The Morgan fingerprint density at radius 1 is 1.59 bits per heavy atom. The minimum Gasteiger partial charge on any atom is -0.395 e. The van der Waals surface area contributed by atoms with Crippen molar-refractivity contribution >= 4 is 22.4 Å². The summed E-state index contributed by atoms with van der Waals surface area (Å²) in [4.78, 5) is 17.3. The van der Waals surface area contributed by atoms with Crippen molar-refractivity contribution in [2.75, 3.05) is 25.0 Å². The molecule has 5 nitrogen and oxygen atoms in total. The minimum atomic E-state index is -0.105. The number of hydrogen-bond donors (Lipinski definition) is 2. The van der Waals surface area contributed by atoms with Gasteiger partial charge in [-0.1, -0.05) is 6.92 Å². The van der Waals surface area contributed by atoms with Gasteiger partial charge in [0.2, 0.25) is 5.91 Å². The Morgan fingerprint density at radius 2 is 2.35 bits per heavy atom. The predicted octanol–water partition coefficient (Wildman–Crippen LogP) is 1.31. The number of hydrogen-bond acceptors (Lipinski definition) is 5. The van der Waals surface area contributed by atoms with Gasteiger partial charge in [0.15, 0.2) is 5.13 Å². The van der Waals surface area contributed by atoms with Crippen molar-refractivity contribution in [2.45, 2.75) is 26.8 Å². The Balaban J connectivity index is 2.53. The normalized spacial score (nSPS) is 10.8. The minimum absolute atomic E-state index is 0.105. The SMILES string of the molecule is CCCN(CCO)Cc1csc(NC(C)=O)n1. The molecular weight excluding hydrogens is 238 g/mol. The molecule has 0 bridgehead atoms. The molecule has 0 saturated carbocycles. The van der Waals surface area contributed by atoms with E-state index < -0.39 is 0 Å². The highest BCUT2D eigenvalue weighted by Crippen LogP contribution is 2.16. The number of nitrogens with one attached hydrogen (secondary N) is 1. The van der Waals surface area contributed by atoms with Crippen LogP contribution in [-0.4, -0.2) is 40.6 Å². The van der Waals surface area contributed by atoms with Crippen LogP contribution in [-0.2, 0) is 11.3 Å². The molecule has 2 N–H and O–H groups in total. The Hall–Kier alpha value is -0.980. The number of carbonyl (C=O) groups excluding carboxylic acids is 1. The van der Waals surface area contributed by atoms with Gasteiger partial charge in [-0.15, -0.1) is 11.3 Å². The van der Waals surface area contributed by atoms with E-state index in [9.17, 15) is 4.79 Å². The first-order chi connectivity index (χ1) is 8.15. The smallest absolute Gasteiger partial charge is 0.223 e. The maximum atomic E-state index is 10.9. The van der Waals surface area contributed by atoms with Crippen molar-refractivity contribution in [1.29, 1.82) is 0 Å². The Kier molecular flexibility index (Phi) is 6.10. The van der Waals surface area contributed by atoms with Crippen molar-refractivity contribution in [1.82, 2.24) is 9.88 Å². The van der Waals surface area contributed by atoms with E-state index in [1.807, 2.05) is 5.38 Å². The molecule has 0 aliphatic heterocycles. The Labute approximate surface area is 105 Å². The van der Waals surface area contributed by atoms with Crippen LogP contribution in [0, 0.1) is 0 Å². The first-order valence-electron chi connectivity index (χ1n) is 5.71. The van der Waals surface area contributed by atoms with E-state index in [2.05, 4.69) is 22.1 Å². The molecule has 6 heteroatoms. The zero-order valence-corrected chi connectivity index (χ0v) is 11.1. The van der Waals surface area contributed by atoms with Gasteiger partial charge in [-0.05, 0) is 13.0 Å². The lowest BCUT2D eigenvalue weighted by Gasteiger charge is -2.18. The third kappa shape index (κ3) is 5.25. The number of nitrogens with zero attached hydrogens (tertiary/aromatic N) is 2. The largest absolute Gasteiger partial charge is 0.395 e. The first kappa shape index (κ1) is 14.1. The van der Waals surface area contributed by atoms with Crippen molar-refractivity contribution in [2.24, 2.45) is 0 Å². The maximum Gasteiger partial charge on any atom is 0.223 e. The molecule has 0 radical (unpaired) electrons. The van der Waals surface area contributed by atoms with Gasteiger partial charge in [-0.25, -0.2) is 4.98 Å². The summed E-state index contributed by atoms with van der Waals surface area (Å²) in [5, 5.41) is 14.2.